The summed E-state index contributed by atoms with van der Waals surface area (Å²) in [6.45, 7) is 0. The predicted octanol–water partition coefficient (Wildman–Crippen LogP) is 4.23. The number of nitriles is 1. The number of benzene rings is 2. The zero-order valence-corrected chi connectivity index (χ0v) is 11.3. The average molecular weight is 305 g/mol. The normalized spacial score (nSPS) is 9.89. The van der Waals surface area contributed by atoms with Gasteiger partial charge in [0, 0.05) is 17.2 Å². The van der Waals surface area contributed by atoms with E-state index in [0.717, 1.165) is 15.8 Å². The van der Waals surface area contributed by atoms with Gasteiger partial charge in [-0.05, 0) is 52.3 Å². The maximum Gasteiger partial charge on any atom is 0.125 e. The van der Waals surface area contributed by atoms with Crippen LogP contribution in [0.5, 0.6) is 0 Å². The summed E-state index contributed by atoms with van der Waals surface area (Å²) < 4.78 is 14.0. The van der Waals surface area contributed by atoms with E-state index in [4.69, 9.17) is 5.26 Å². The van der Waals surface area contributed by atoms with Gasteiger partial charge in [0.1, 0.15) is 5.82 Å². The topological polar surface area (TPSA) is 27.0 Å². The first kappa shape index (κ1) is 12.6. The quantitative estimate of drug-likeness (QED) is 0.830. The van der Waals surface area contributed by atoms with Crippen LogP contribution in [0.2, 0.25) is 0 Å². The molecule has 4 heteroatoms. The Balaban J connectivity index is 2.40. The van der Waals surface area contributed by atoms with Crippen molar-refractivity contribution in [1.82, 2.24) is 0 Å². The molecule has 0 saturated heterocycles. The summed E-state index contributed by atoms with van der Waals surface area (Å²) in [6.07, 6.45) is 0. The van der Waals surface area contributed by atoms with Crippen LogP contribution in [0, 0.1) is 17.1 Å². The van der Waals surface area contributed by atoms with E-state index in [-0.39, 0.29) is 5.82 Å². The monoisotopic (exact) mass is 304 g/mol. The molecule has 0 aromatic heterocycles. The van der Waals surface area contributed by atoms with Gasteiger partial charge in [0.05, 0.1) is 17.3 Å². The summed E-state index contributed by atoms with van der Waals surface area (Å²) in [5.74, 6) is -0.274. The molecule has 0 spiro atoms. The highest BCUT2D eigenvalue weighted by atomic mass is 79.9. The lowest BCUT2D eigenvalue weighted by atomic mass is 10.2. The van der Waals surface area contributed by atoms with Crippen molar-refractivity contribution in [2.24, 2.45) is 0 Å². The molecule has 0 radical (unpaired) electrons. The third kappa shape index (κ3) is 2.52. The Morgan fingerprint density at radius 3 is 2.61 bits per heavy atom. The van der Waals surface area contributed by atoms with E-state index in [1.165, 1.54) is 12.1 Å². The van der Waals surface area contributed by atoms with E-state index in [2.05, 4.69) is 22.0 Å². The Morgan fingerprint density at radius 2 is 2.00 bits per heavy atom. The Bertz CT molecular complexity index is 619. The number of hydrogen-bond donors (Lipinski definition) is 0. The van der Waals surface area contributed by atoms with Gasteiger partial charge in [0.25, 0.3) is 0 Å². The van der Waals surface area contributed by atoms with Crippen LogP contribution in [0.1, 0.15) is 5.56 Å². The zero-order valence-electron chi connectivity index (χ0n) is 9.69. The average Bonchev–Trinajstić information content (AvgIpc) is 2.37. The van der Waals surface area contributed by atoms with Gasteiger partial charge in [0.15, 0.2) is 0 Å². The summed E-state index contributed by atoms with van der Waals surface area (Å²) in [4.78, 5) is 1.86. The van der Waals surface area contributed by atoms with E-state index in [1.54, 1.807) is 18.2 Å². The molecule has 0 heterocycles. The van der Waals surface area contributed by atoms with Gasteiger partial charge < -0.3 is 4.90 Å². The molecular formula is C14H10BrFN2. The van der Waals surface area contributed by atoms with E-state index >= 15 is 0 Å². The largest absolute Gasteiger partial charge is 0.344 e. The van der Waals surface area contributed by atoms with Gasteiger partial charge in [-0.25, -0.2) is 4.39 Å². The molecule has 0 unspecified atom stereocenters. The highest BCUT2D eigenvalue weighted by molar-refractivity contribution is 9.10. The smallest absolute Gasteiger partial charge is 0.125 e. The van der Waals surface area contributed by atoms with E-state index in [1.807, 2.05) is 24.1 Å². The van der Waals surface area contributed by atoms with Crippen LogP contribution < -0.4 is 4.90 Å². The van der Waals surface area contributed by atoms with Crippen LogP contribution in [-0.4, -0.2) is 7.05 Å². The zero-order chi connectivity index (χ0) is 13.1. The van der Waals surface area contributed by atoms with Crippen LogP contribution in [0.3, 0.4) is 0 Å². The van der Waals surface area contributed by atoms with Crippen LogP contribution in [-0.2, 0) is 0 Å². The molecule has 0 aliphatic heterocycles. The van der Waals surface area contributed by atoms with Crippen LogP contribution >= 0.6 is 15.9 Å². The lowest BCUT2D eigenvalue weighted by Gasteiger charge is -2.21. The van der Waals surface area contributed by atoms with Crippen molar-refractivity contribution in [1.29, 1.82) is 5.26 Å². The van der Waals surface area contributed by atoms with Gasteiger partial charge in [0.2, 0.25) is 0 Å². The molecule has 2 nitrogen and oxygen atoms in total. The summed E-state index contributed by atoms with van der Waals surface area (Å²) in [5, 5.41) is 8.81. The summed E-state index contributed by atoms with van der Waals surface area (Å²) in [6, 6.07) is 13.7. The van der Waals surface area contributed by atoms with Gasteiger partial charge in [-0.2, -0.15) is 5.26 Å². The molecule has 0 amide bonds. The van der Waals surface area contributed by atoms with Crippen LogP contribution in [0.25, 0.3) is 0 Å². The minimum Gasteiger partial charge on any atom is -0.344 e. The van der Waals surface area contributed by atoms with Gasteiger partial charge in [-0.1, -0.05) is 6.07 Å². The summed E-state index contributed by atoms with van der Waals surface area (Å²) in [5.41, 5.74) is 2.21. The molecule has 0 atom stereocenters. The first-order valence-electron chi connectivity index (χ1n) is 5.31. The maximum absolute atomic E-state index is 13.2. The van der Waals surface area contributed by atoms with Crippen molar-refractivity contribution < 1.29 is 4.39 Å². The Kier molecular flexibility index (Phi) is 3.63. The van der Waals surface area contributed by atoms with Crippen LogP contribution in [0.15, 0.2) is 46.9 Å². The Hall–Kier alpha value is -1.86. The summed E-state index contributed by atoms with van der Waals surface area (Å²) >= 11 is 3.42. The first-order valence-corrected chi connectivity index (χ1v) is 6.10. The third-order valence-electron chi connectivity index (χ3n) is 2.63. The van der Waals surface area contributed by atoms with Gasteiger partial charge in [-0.15, -0.1) is 0 Å². The highest BCUT2D eigenvalue weighted by Crippen LogP contribution is 2.31. The lowest BCUT2D eigenvalue weighted by Crippen LogP contribution is -2.10. The second kappa shape index (κ2) is 5.19. The van der Waals surface area contributed by atoms with Crippen molar-refractivity contribution in [3.8, 4) is 6.07 Å². The third-order valence-corrected chi connectivity index (χ3v) is 3.27. The summed E-state index contributed by atoms with van der Waals surface area (Å²) in [7, 11) is 1.85. The molecule has 0 aliphatic rings. The van der Waals surface area contributed by atoms with Crippen molar-refractivity contribution in [3.05, 3.63) is 58.3 Å². The molecular weight excluding hydrogens is 295 g/mol. The predicted molar refractivity (Wildman–Crippen MR) is 73.3 cm³/mol. The minimum atomic E-state index is -0.274. The van der Waals surface area contributed by atoms with Crippen LogP contribution in [0.4, 0.5) is 15.8 Å². The van der Waals surface area contributed by atoms with Crippen molar-refractivity contribution >= 4 is 27.3 Å². The molecule has 2 aromatic rings. The Morgan fingerprint density at radius 1 is 1.22 bits per heavy atom. The number of rotatable bonds is 2. The van der Waals surface area contributed by atoms with Gasteiger partial charge in [-0.3, -0.25) is 0 Å². The standard InChI is InChI=1S/C14H10BrFN2/c1-18(12-4-2-3-11(16)8-12)14-6-5-10(9-17)7-13(14)15/h2-8H,1H3. The van der Waals surface area contributed by atoms with E-state index < -0.39 is 0 Å². The number of halogens is 2. The molecule has 2 aromatic carbocycles. The number of hydrogen-bond acceptors (Lipinski definition) is 2. The lowest BCUT2D eigenvalue weighted by molar-refractivity contribution is 0.628. The molecule has 0 bridgehead atoms. The molecule has 0 aliphatic carbocycles. The Labute approximate surface area is 113 Å². The van der Waals surface area contributed by atoms with Crippen molar-refractivity contribution in [3.63, 3.8) is 0 Å². The van der Waals surface area contributed by atoms with Crippen molar-refractivity contribution in [2.45, 2.75) is 0 Å². The van der Waals surface area contributed by atoms with Gasteiger partial charge >= 0.3 is 0 Å². The minimum absolute atomic E-state index is 0.274. The first-order chi connectivity index (χ1) is 8.61. The molecule has 0 N–H and O–H groups in total. The fraction of sp³-hybridized carbons (Fsp3) is 0.0714. The molecule has 2 rings (SSSR count). The fourth-order valence-corrected chi connectivity index (χ4v) is 2.32. The molecule has 0 saturated carbocycles. The molecule has 90 valence electrons. The number of anilines is 2. The highest BCUT2D eigenvalue weighted by Gasteiger charge is 2.09. The number of nitrogens with zero attached hydrogens (tertiary/aromatic N) is 2. The maximum atomic E-state index is 13.2. The second-order valence-corrected chi connectivity index (χ2v) is 4.67. The molecule has 0 fully saturated rings. The molecule has 18 heavy (non-hydrogen) atoms. The van der Waals surface area contributed by atoms with Crippen molar-refractivity contribution in [2.75, 3.05) is 11.9 Å². The van der Waals surface area contributed by atoms with E-state index in [0.29, 0.717) is 5.56 Å². The second-order valence-electron chi connectivity index (χ2n) is 3.82. The fourth-order valence-electron chi connectivity index (χ4n) is 1.67. The van der Waals surface area contributed by atoms with E-state index in [9.17, 15) is 4.39 Å². The SMILES string of the molecule is CN(c1cccc(F)c1)c1ccc(C#N)cc1Br.